The Morgan fingerprint density at radius 1 is 1.37 bits per heavy atom. The van der Waals surface area contributed by atoms with E-state index in [0.29, 0.717) is 10.6 Å². The maximum absolute atomic E-state index is 12.0. The van der Waals surface area contributed by atoms with Crippen molar-refractivity contribution >= 4 is 17.4 Å². The molecular weight excluding hydrogens is 268 g/mol. The van der Waals surface area contributed by atoms with Gasteiger partial charge in [-0.1, -0.05) is 23.7 Å². The van der Waals surface area contributed by atoms with Gasteiger partial charge in [0.25, 0.3) is 5.56 Å². The monoisotopic (exact) mass is 278 g/mol. The molecule has 1 heterocycles. The second-order valence-electron chi connectivity index (χ2n) is 3.81. The molecule has 2 aromatic rings. The second-order valence-corrected chi connectivity index (χ2v) is 4.24. The van der Waals surface area contributed by atoms with Crippen LogP contribution in [0.2, 0.25) is 5.02 Å². The molecule has 0 unspecified atom stereocenters. The lowest BCUT2D eigenvalue weighted by Gasteiger charge is -2.05. The molecule has 5 nitrogen and oxygen atoms in total. The van der Waals surface area contributed by atoms with Crippen LogP contribution in [0.15, 0.2) is 41.2 Å². The predicted octanol–water partition coefficient (Wildman–Crippen LogP) is 1.79. The molecule has 0 aliphatic carbocycles. The zero-order valence-electron chi connectivity index (χ0n) is 10.2. The number of ether oxygens (including phenoxy) is 1. The van der Waals surface area contributed by atoms with Crippen LogP contribution in [0.5, 0.6) is 5.88 Å². The number of nitrogens with zero attached hydrogens (tertiary/aromatic N) is 2. The quantitative estimate of drug-likeness (QED) is 0.800. The first-order valence-corrected chi connectivity index (χ1v) is 5.89. The molecule has 0 aliphatic rings. The summed E-state index contributed by atoms with van der Waals surface area (Å²) in [6, 6.07) is 9.29. The summed E-state index contributed by atoms with van der Waals surface area (Å²) >= 11 is 5.81. The van der Waals surface area contributed by atoms with Gasteiger partial charge in [-0.2, -0.15) is 0 Å². The molecule has 19 heavy (non-hydrogen) atoms. The number of Topliss-reactive ketones (excluding diaryl/α,β-unsaturated/α-hetero) is 1. The van der Waals surface area contributed by atoms with E-state index in [4.69, 9.17) is 16.3 Å². The molecule has 1 aromatic heterocycles. The number of halogens is 1. The van der Waals surface area contributed by atoms with Gasteiger partial charge in [0.05, 0.1) is 7.11 Å². The van der Waals surface area contributed by atoms with Crippen molar-refractivity contribution in [2.45, 2.75) is 6.54 Å². The van der Waals surface area contributed by atoms with Crippen LogP contribution in [-0.2, 0) is 6.54 Å². The van der Waals surface area contributed by atoms with Crippen molar-refractivity contribution < 1.29 is 9.53 Å². The van der Waals surface area contributed by atoms with Crippen LogP contribution in [0.4, 0.5) is 0 Å². The zero-order valence-corrected chi connectivity index (χ0v) is 10.9. The van der Waals surface area contributed by atoms with E-state index in [0.717, 1.165) is 4.68 Å². The molecule has 0 bridgehead atoms. The van der Waals surface area contributed by atoms with Crippen molar-refractivity contribution in [3.63, 3.8) is 0 Å². The van der Waals surface area contributed by atoms with Gasteiger partial charge < -0.3 is 4.74 Å². The fraction of sp³-hybridized carbons (Fsp3) is 0.154. The van der Waals surface area contributed by atoms with Gasteiger partial charge in [0, 0.05) is 22.7 Å². The van der Waals surface area contributed by atoms with Crippen LogP contribution in [0.1, 0.15) is 10.4 Å². The lowest BCUT2D eigenvalue weighted by Crippen LogP contribution is -2.26. The molecule has 0 amide bonds. The largest absolute Gasteiger partial charge is 0.480 e. The first kappa shape index (κ1) is 13.3. The second kappa shape index (κ2) is 5.67. The van der Waals surface area contributed by atoms with Crippen LogP contribution >= 0.6 is 11.6 Å². The third-order valence-electron chi connectivity index (χ3n) is 2.49. The minimum absolute atomic E-state index is 0.156. The molecule has 0 saturated carbocycles. The Labute approximate surface area is 114 Å². The number of aromatic nitrogens is 2. The molecule has 0 N–H and O–H groups in total. The summed E-state index contributed by atoms with van der Waals surface area (Å²) in [5, 5.41) is 4.38. The van der Waals surface area contributed by atoms with E-state index in [-0.39, 0.29) is 23.8 Å². The van der Waals surface area contributed by atoms with Gasteiger partial charge in [-0.05, 0) is 12.1 Å². The van der Waals surface area contributed by atoms with Gasteiger partial charge in [0.2, 0.25) is 5.88 Å². The van der Waals surface area contributed by atoms with Crippen LogP contribution in [0.25, 0.3) is 0 Å². The van der Waals surface area contributed by atoms with Gasteiger partial charge in [-0.3, -0.25) is 9.59 Å². The number of methoxy groups -OCH3 is 1. The molecule has 0 fully saturated rings. The standard InChI is InChI=1S/C13H11ClN2O3/c1-19-12-5-6-13(18)16(15-12)8-11(17)9-3-2-4-10(14)7-9/h2-7H,8H2,1H3. The Kier molecular flexibility index (Phi) is 3.97. The van der Waals surface area contributed by atoms with Gasteiger partial charge >= 0.3 is 0 Å². The molecule has 0 saturated heterocycles. The van der Waals surface area contributed by atoms with Crippen molar-refractivity contribution in [3.8, 4) is 5.88 Å². The number of ketones is 1. The summed E-state index contributed by atoms with van der Waals surface area (Å²) in [4.78, 5) is 23.6. The summed E-state index contributed by atoms with van der Waals surface area (Å²) in [5.74, 6) is 0.0313. The lowest BCUT2D eigenvalue weighted by atomic mass is 10.1. The van der Waals surface area contributed by atoms with Crippen LogP contribution in [-0.4, -0.2) is 22.7 Å². The SMILES string of the molecule is COc1ccc(=O)n(CC(=O)c2cccc(Cl)c2)n1. The first-order valence-electron chi connectivity index (χ1n) is 5.51. The molecule has 1 aromatic carbocycles. The minimum Gasteiger partial charge on any atom is -0.480 e. The number of benzene rings is 1. The number of hydrogen-bond acceptors (Lipinski definition) is 4. The number of carbonyl (C=O) groups excluding carboxylic acids is 1. The number of hydrogen-bond donors (Lipinski definition) is 0. The maximum atomic E-state index is 12.0. The molecule has 2 rings (SSSR count). The highest BCUT2D eigenvalue weighted by Crippen LogP contribution is 2.11. The number of rotatable bonds is 4. The van der Waals surface area contributed by atoms with E-state index < -0.39 is 0 Å². The van der Waals surface area contributed by atoms with Gasteiger partial charge in [-0.15, -0.1) is 5.10 Å². The van der Waals surface area contributed by atoms with Crippen LogP contribution < -0.4 is 10.3 Å². The molecule has 98 valence electrons. The Morgan fingerprint density at radius 3 is 2.84 bits per heavy atom. The third-order valence-corrected chi connectivity index (χ3v) is 2.73. The predicted molar refractivity (Wildman–Crippen MR) is 70.8 cm³/mol. The summed E-state index contributed by atoms with van der Waals surface area (Å²) in [6.07, 6.45) is 0. The van der Waals surface area contributed by atoms with Crippen molar-refractivity contribution in [1.29, 1.82) is 0 Å². The highest BCUT2D eigenvalue weighted by atomic mass is 35.5. The minimum atomic E-state index is -0.365. The van der Waals surface area contributed by atoms with E-state index >= 15 is 0 Å². The third kappa shape index (κ3) is 3.20. The van der Waals surface area contributed by atoms with Crippen molar-refractivity contribution in [1.82, 2.24) is 9.78 Å². The fourth-order valence-corrected chi connectivity index (χ4v) is 1.73. The van der Waals surface area contributed by atoms with Crippen LogP contribution in [0.3, 0.4) is 0 Å². The summed E-state index contributed by atoms with van der Waals surface area (Å²) in [6.45, 7) is -0.156. The van der Waals surface area contributed by atoms with Crippen molar-refractivity contribution in [2.24, 2.45) is 0 Å². The van der Waals surface area contributed by atoms with E-state index in [9.17, 15) is 9.59 Å². The Balaban J connectivity index is 2.26. The summed E-state index contributed by atoms with van der Waals surface area (Å²) < 4.78 is 5.97. The highest BCUT2D eigenvalue weighted by molar-refractivity contribution is 6.31. The molecule has 0 spiro atoms. The molecule has 0 atom stereocenters. The zero-order chi connectivity index (χ0) is 13.8. The molecule has 6 heteroatoms. The average molecular weight is 279 g/mol. The Morgan fingerprint density at radius 2 is 2.16 bits per heavy atom. The van der Waals surface area contributed by atoms with E-state index in [1.54, 1.807) is 24.3 Å². The van der Waals surface area contributed by atoms with E-state index in [2.05, 4.69) is 5.10 Å². The maximum Gasteiger partial charge on any atom is 0.267 e. The van der Waals surface area contributed by atoms with Gasteiger partial charge in [0.1, 0.15) is 6.54 Å². The van der Waals surface area contributed by atoms with Crippen molar-refractivity contribution in [3.05, 3.63) is 57.3 Å². The molecule has 0 aliphatic heterocycles. The number of carbonyl (C=O) groups is 1. The average Bonchev–Trinajstić information content (AvgIpc) is 2.41. The van der Waals surface area contributed by atoms with Crippen molar-refractivity contribution in [2.75, 3.05) is 7.11 Å². The Bertz CT molecular complexity index is 667. The Hall–Kier alpha value is -2.14. The van der Waals surface area contributed by atoms with E-state index in [1.165, 1.54) is 19.2 Å². The summed E-state index contributed by atoms with van der Waals surface area (Å²) in [7, 11) is 1.44. The highest BCUT2D eigenvalue weighted by Gasteiger charge is 2.10. The van der Waals surface area contributed by atoms with E-state index in [1.807, 2.05) is 0 Å². The van der Waals surface area contributed by atoms with Gasteiger partial charge in [-0.25, -0.2) is 4.68 Å². The molecular formula is C13H11ClN2O3. The summed E-state index contributed by atoms with van der Waals surface area (Å²) in [5.41, 5.74) is 0.0696. The first-order chi connectivity index (χ1) is 9.10. The molecule has 0 radical (unpaired) electrons. The van der Waals surface area contributed by atoms with Gasteiger partial charge in [0.15, 0.2) is 5.78 Å². The normalized spacial score (nSPS) is 10.2. The lowest BCUT2D eigenvalue weighted by molar-refractivity contribution is 0.0965. The van der Waals surface area contributed by atoms with Crippen LogP contribution in [0, 0.1) is 0 Å². The fourth-order valence-electron chi connectivity index (χ4n) is 1.54. The topological polar surface area (TPSA) is 61.2 Å². The smallest absolute Gasteiger partial charge is 0.267 e.